The van der Waals surface area contributed by atoms with Gasteiger partial charge in [0.25, 0.3) is 0 Å². The van der Waals surface area contributed by atoms with Crippen LogP contribution in [-0.4, -0.2) is 55.9 Å². The fraction of sp³-hybridized carbons (Fsp3) is 0.182. The molecule has 0 fully saturated rings. The van der Waals surface area contributed by atoms with E-state index in [1.165, 1.54) is 18.7 Å². The number of hydrogen-bond donors (Lipinski definition) is 2. The SMILES string of the molecule is CC(=O)Nc1nonc1-c1nnc(SCC(=O)Nc2ccc3c(c2)OCCO3)n1-c1ccccc1. The van der Waals surface area contributed by atoms with Gasteiger partial charge in [-0.1, -0.05) is 30.0 Å². The zero-order chi connectivity index (χ0) is 24.2. The molecule has 0 saturated heterocycles. The number of aromatic nitrogens is 5. The molecule has 4 aromatic rings. The Morgan fingerprint density at radius 3 is 2.60 bits per heavy atom. The average Bonchev–Trinajstić information content (AvgIpc) is 3.49. The number of fused-ring (bicyclic) bond motifs is 1. The second-order valence-electron chi connectivity index (χ2n) is 7.32. The summed E-state index contributed by atoms with van der Waals surface area (Å²) < 4.78 is 17.6. The Labute approximate surface area is 203 Å². The Morgan fingerprint density at radius 1 is 1.00 bits per heavy atom. The predicted octanol–water partition coefficient (Wildman–Crippen LogP) is 2.78. The van der Waals surface area contributed by atoms with Gasteiger partial charge >= 0.3 is 0 Å². The molecular weight excluding hydrogens is 474 g/mol. The molecule has 0 radical (unpaired) electrons. The molecule has 178 valence electrons. The maximum atomic E-state index is 12.7. The van der Waals surface area contributed by atoms with E-state index in [0.29, 0.717) is 41.4 Å². The summed E-state index contributed by atoms with van der Waals surface area (Å²) in [5.41, 5.74) is 1.54. The molecule has 2 amide bonds. The number of hydrogen-bond acceptors (Lipinski definition) is 10. The Morgan fingerprint density at radius 2 is 1.80 bits per heavy atom. The van der Waals surface area contributed by atoms with Gasteiger partial charge in [0.1, 0.15) is 13.2 Å². The molecule has 0 spiro atoms. The third kappa shape index (κ3) is 4.94. The van der Waals surface area contributed by atoms with Crippen molar-refractivity contribution in [3.8, 4) is 28.7 Å². The molecular formula is C22H19N7O5S. The molecule has 0 aliphatic carbocycles. The fourth-order valence-corrected chi connectivity index (χ4v) is 4.11. The number of carbonyl (C=O) groups excluding carboxylic acids is 2. The Kier molecular flexibility index (Phi) is 6.30. The van der Waals surface area contributed by atoms with Crippen LogP contribution < -0.4 is 20.1 Å². The van der Waals surface area contributed by atoms with Crippen LogP contribution in [0.5, 0.6) is 11.5 Å². The lowest BCUT2D eigenvalue weighted by molar-refractivity contribution is -0.114. The first-order valence-electron chi connectivity index (χ1n) is 10.5. The van der Waals surface area contributed by atoms with Crippen molar-refractivity contribution in [2.75, 3.05) is 29.6 Å². The normalized spacial score (nSPS) is 12.3. The monoisotopic (exact) mass is 493 g/mol. The summed E-state index contributed by atoms with van der Waals surface area (Å²) in [5, 5.41) is 22.0. The summed E-state index contributed by atoms with van der Waals surface area (Å²) in [6.07, 6.45) is 0. The van der Waals surface area contributed by atoms with Gasteiger partial charge in [-0.05, 0) is 34.6 Å². The van der Waals surface area contributed by atoms with Crippen LogP contribution >= 0.6 is 11.8 Å². The number of thioether (sulfide) groups is 1. The summed E-state index contributed by atoms with van der Waals surface area (Å²) in [5.74, 6) is 1.15. The number of para-hydroxylation sites is 1. The first-order chi connectivity index (χ1) is 17.1. The van der Waals surface area contributed by atoms with Gasteiger partial charge in [-0.25, -0.2) is 4.63 Å². The molecule has 2 aromatic carbocycles. The Hall–Kier alpha value is -4.39. The standard InChI is InChI=1S/C22H19N7O5S/c1-13(30)23-20-19(27-34-28-20)21-25-26-22(29(21)15-5-3-2-4-6-15)35-12-18(31)24-14-7-8-16-17(11-14)33-10-9-32-16/h2-8,11H,9-10,12H2,1H3,(H,24,31)(H,23,28,30). The number of nitrogens with one attached hydrogen (secondary N) is 2. The number of carbonyl (C=O) groups is 2. The van der Waals surface area contributed by atoms with E-state index in [1.807, 2.05) is 30.3 Å². The molecule has 1 aliphatic rings. The molecule has 5 rings (SSSR count). The predicted molar refractivity (Wildman–Crippen MR) is 126 cm³/mol. The lowest BCUT2D eigenvalue weighted by Crippen LogP contribution is -2.17. The van der Waals surface area contributed by atoms with Crippen molar-refractivity contribution in [2.24, 2.45) is 0 Å². The molecule has 1 aliphatic heterocycles. The summed E-state index contributed by atoms with van der Waals surface area (Å²) in [4.78, 5) is 24.2. The molecule has 0 saturated carbocycles. The van der Waals surface area contributed by atoms with Gasteiger partial charge in [0.15, 0.2) is 28.2 Å². The Bertz CT molecular complexity index is 1370. The summed E-state index contributed by atoms with van der Waals surface area (Å²) >= 11 is 1.19. The average molecular weight is 494 g/mol. The topological polar surface area (TPSA) is 146 Å². The highest BCUT2D eigenvalue weighted by Crippen LogP contribution is 2.33. The van der Waals surface area contributed by atoms with Gasteiger partial charge in [0, 0.05) is 24.4 Å². The van der Waals surface area contributed by atoms with E-state index in [2.05, 4.69) is 31.1 Å². The van der Waals surface area contributed by atoms with E-state index in [0.717, 1.165) is 5.69 Å². The van der Waals surface area contributed by atoms with E-state index in [1.54, 1.807) is 22.8 Å². The van der Waals surface area contributed by atoms with Crippen molar-refractivity contribution in [3.05, 3.63) is 48.5 Å². The molecule has 2 aromatic heterocycles. The first-order valence-corrected chi connectivity index (χ1v) is 11.5. The van der Waals surface area contributed by atoms with Gasteiger partial charge in [0.2, 0.25) is 17.6 Å². The van der Waals surface area contributed by atoms with Gasteiger partial charge in [0.05, 0.1) is 5.75 Å². The zero-order valence-corrected chi connectivity index (χ0v) is 19.2. The number of amides is 2. The zero-order valence-electron chi connectivity index (χ0n) is 18.4. The number of rotatable bonds is 7. The van der Waals surface area contributed by atoms with Crippen LogP contribution in [0.4, 0.5) is 11.5 Å². The third-order valence-corrected chi connectivity index (χ3v) is 5.73. The molecule has 0 unspecified atom stereocenters. The number of ether oxygens (including phenoxy) is 2. The minimum Gasteiger partial charge on any atom is -0.486 e. The van der Waals surface area contributed by atoms with Crippen LogP contribution in [0, 0.1) is 0 Å². The van der Waals surface area contributed by atoms with Crippen molar-refractivity contribution in [3.63, 3.8) is 0 Å². The van der Waals surface area contributed by atoms with Crippen molar-refractivity contribution in [1.29, 1.82) is 0 Å². The summed E-state index contributed by atoms with van der Waals surface area (Å²) in [6, 6.07) is 14.5. The van der Waals surface area contributed by atoms with E-state index < -0.39 is 0 Å². The Balaban J connectivity index is 1.37. The summed E-state index contributed by atoms with van der Waals surface area (Å²) in [6.45, 7) is 2.31. The quantitative estimate of drug-likeness (QED) is 0.368. The molecule has 0 atom stereocenters. The van der Waals surface area contributed by atoms with Crippen LogP contribution in [0.2, 0.25) is 0 Å². The van der Waals surface area contributed by atoms with Crippen molar-refractivity contribution < 1.29 is 23.7 Å². The van der Waals surface area contributed by atoms with Gasteiger partial charge in [-0.15, -0.1) is 10.2 Å². The molecule has 12 nitrogen and oxygen atoms in total. The largest absolute Gasteiger partial charge is 0.486 e. The van der Waals surface area contributed by atoms with Crippen molar-refractivity contribution >= 4 is 35.1 Å². The maximum Gasteiger partial charge on any atom is 0.234 e. The second-order valence-corrected chi connectivity index (χ2v) is 8.26. The molecule has 0 bridgehead atoms. The van der Waals surface area contributed by atoms with E-state index in [-0.39, 0.29) is 29.1 Å². The molecule has 2 N–H and O–H groups in total. The van der Waals surface area contributed by atoms with Crippen LogP contribution in [0.3, 0.4) is 0 Å². The van der Waals surface area contributed by atoms with E-state index in [4.69, 9.17) is 14.1 Å². The second kappa shape index (κ2) is 9.85. The van der Waals surface area contributed by atoms with Crippen molar-refractivity contribution in [1.82, 2.24) is 25.1 Å². The first kappa shape index (κ1) is 22.4. The minimum absolute atomic E-state index is 0.0645. The lowest BCUT2D eigenvalue weighted by atomic mass is 10.2. The summed E-state index contributed by atoms with van der Waals surface area (Å²) in [7, 11) is 0. The maximum absolute atomic E-state index is 12.7. The van der Waals surface area contributed by atoms with Crippen molar-refractivity contribution in [2.45, 2.75) is 12.1 Å². The van der Waals surface area contributed by atoms with Gasteiger partial charge < -0.3 is 20.1 Å². The van der Waals surface area contributed by atoms with Gasteiger partial charge in [-0.2, -0.15) is 0 Å². The van der Waals surface area contributed by atoms with E-state index >= 15 is 0 Å². The highest BCUT2D eigenvalue weighted by atomic mass is 32.2. The number of benzene rings is 2. The highest BCUT2D eigenvalue weighted by molar-refractivity contribution is 7.99. The highest BCUT2D eigenvalue weighted by Gasteiger charge is 2.24. The lowest BCUT2D eigenvalue weighted by Gasteiger charge is -2.19. The molecule has 13 heteroatoms. The fourth-order valence-electron chi connectivity index (χ4n) is 3.36. The van der Waals surface area contributed by atoms with Crippen LogP contribution in [-0.2, 0) is 9.59 Å². The number of nitrogens with zero attached hydrogens (tertiary/aromatic N) is 5. The third-order valence-electron chi connectivity index (χ3n) is 4.80. The van der Waals surface area contributed by atoms with Crippen LogP contribution in [0.25, 0.3) is 17.2 Å². The minimum atomic E-state index is -0.335. The van der Waals surface area contributed by atoms with Gasteiger partial charge in [-0.3, -0.25) is 14.2 Å². The van der Waals surface area contributed by atoms with Crippen LogP contribution in [0.1, 0.15) is 6.92 Å². The molecule has 35 heavy (non-hydrogen) atoms. The molecule has 3 heterocycles. The number of anilines is 2. The van der Waals surface area contributed by atoms with Crippen LogP contribution in [0.15, 0.2) is 58.3 Å². The van der Waals surface area contributed by atoms with E-state index in [9.17, 15) is 9.59 Å². The smallest absolute Gasteiger partial charge is 0.234 e.